The molecule has 2 atom stereocenters. The van der Waals surface area contributed by atoms with Gasteiger partial charge >= 0.3 is 0 Å². The van der Waals surface area contributed by atoms with Crippen molar-refractivity contribution in [3.05, 3.63) is 71.8 Å². The number of phenolic OH excluding ortho intramolecular Hbond substituents is 1. The molecule has 3 N–H and O–H groups in total. The molecule has 0 fully saturated rings. The van der Waals surface area contributed by atoms with Gasteiger partial charge < -0.3 is 20.3 Å². The number of hydrogen-bond donors (Lipinski definition) is 3. The van der Waals surface area contributed by atoms with Gasteiger partial charge in [0.25, 0.3) is 0 Å². The van der Waals surface area contributed by atoms with Gasteiger partial charge in [-0.15, -0.1) is 0 Å². The number of aromatic hydroxyl groups is 1. The number of hydrogen-bond acceptors (Lipinski definition) is 4. The van der Waals surface area contributed by atoms with E-state index in [9.17, 15) is 15.0 Å². The fraction of sp³-hybridized carbons (Fsp3) is 0.227. The summed E-state index contributed by atoms with van der Waals surface area (Å²) >= 11 is 0. The molecule has 0 saturated heterocycles. The molecule has 0 bridgehead atoms. The first-order valence-corrected chi connectivity index (χ1v) is 8.80. The molecular formula is C22H23NO4. The van der Waals surface area contributed by atoms with E-state index in [1.807, 2.05) is 43.3 Å². The van der Waals surface area contributed by atoms with Gasteiger partial charge in [0, 0.05) is 6.54 Å². The van der Waals surface area contributed by atoms with E-state index in [1.165, 1.54) is 12.1 Å². The molecule has 3 rings (SSSR count). The van der Waals surface area contributed by atoms with Crippen molar-refractivity contribution in [3.8, 4) is 11.5 Å². The van der Waals surface area contributed by atoms with Crippen LogP contribution in [0.1, 0.15) is 30.1 Å². The van der Waals surface area contributed by atoms with Crippen LogP contribution in [0.15, 0.2) is 60.7 Å². The normalized spacial score (nSPS) is 13.1. The number of ether oxygens (including phenoxy) is 1. The van der Waals surface area contributed by atoms with Crippen molar-refractivity contribution in [1.29, 1.82) is 0 Å². The number of fused-ring (bicyclic) bond motifs is 1. The summed E-state index contributed by atoms with van der Waals surface area (Å²) < 4.78 is 5.23. The van der Waals surface area contributed by atoms with E-state index in [0.717, 1.165) is 22.1 Å². The second kappa shape index (κ2) is 8.10. The predicted molar refractivity (Wildman–Crippen MR) is 105 cm³/mol. The van der Waals surface area contributed by atoms with Gasteiger partial charge in [0.1, 0.15) is 11.5 Å². The Morgan fingerprint density at radius 1 is 1.00 bits per heavy atom. The minimum Gasteiger partial charge on any atom is -0.508 e. The summed E-state index contributed by atoms with van der Waals surface area (Å²) in [6, 6.07) is 18.0. The van der Waals surface area contributed by atoms with E-state index in [4.69, 9.17) is 4.74 Å². The van der Waals surface area contributed by atoms with Gasteiger partial charge in [-0.05, 0) is 53.1 Å². The first-order chi connectivity index (χ1) is 13.0. The maximum absolute atomic E-state index is 12.5. The molecule has 2 unspecified atom stereocenters. The number of nitrogens with one attached hydrogen (secondary N) is 1. The Morgan fingerprint density at radius 3 is 2.33 bits per heavy atom. The van der Waals surface area contributed by atoms with Crippen molar-refractivity contribution in [2.75, 3.05) is 13.7 Å². The lowest BCUT2D eigenvalue weighted by Crippen LogP contribution is -2.31. The van der Waals surface area contributed by atoms with Gasteiger partial charge in [0.2, 0.25) is 5.91 Å². The molecule has 5 heteroatoms. The van der Waals surface area contributed by atoms with Gasteiger partial charge in [0.15, 0.2) is 0 Å². The molecule has 0 heterocycles. The molecule has 3 aromatic rings. The zero-order valence-corrected chi connectivity index (χ0v) is 15.3. The maximum atomic E-state index is 12.5. The van der Waals surface area contributed by atoms with Crippen molar-refractivity contribution in [3.63, 3.8) is 0 Å². The Labute approximate surface area is 158 Å². The summed E-state index contributed by atoms with van der Waals surface area (Å²) in [6.45, 7) is 1.95. The second-order valence-electron chi connectivity index (χ2n) is 6.55. The van der Waals surface area contributed by atoms with Crippen molar-refractivity contribution in [2.45, 2.75) is 18.9 Å². The van der Waals surface area contributed by atoms with E-state index in [2.05, 4.69) is 5.32 Å². The summed E-state index contributed by atoms with van der Waals surface area (Å²) in [6.07, 6.45) is -0.828. The van der Waals surface area contributed by atoms with Crippen LogP contribution in [-0.2, 0) is 4.79 Å². The molecule has 27 heavy (non-hydrogen) atoms. The van der Waals surface area contributed by atoms with Crippen LogP contribution in [-0.4, -0.2) is 29.8 Å². The zero-order chi connectivity index (χ0) is 19.4. The van der Waals surface area contributed by atoms with Gasteiger partial charge in [0.05, 0.1) is 19.1 Å². The highest BCUT2D eigenvalue weighted by Gasteiger charge is 2.17. The highest BCUT2D eigenvalue weighted by Crippen LogP contribution is 2.25. The summed E-state index contributed by atoms with van der Waals surface area (Å²) in [4.78, 5) is 12.5. The second-order valence-corrected chi connectivity index (χ2v) is 6.55. The molecule has 0 saturated carbocycles. The number of benzene rings is 3. The molecule has 0 aliphatic carbocycles. The van der Waals surface area contributed by atoms with Crippen molar-refractivity contribution in [1.82, 2.24) is 5.32 Å². The average molecular weight is 365 g/mol. The molecule has 5 nitrogen and oxygen atoms in total. The van der Waals surface area contributed by atoms with Crippen LogP contribution in [0.5, 0.6) is 11.5 Å². The fourth-order valence-corrected chi connectivity index (χ4v) is 2.95. The van der Waals surface area contributed by atoms with Crippen molar-refractivity contribution < 1.29 is 19.7 Å². The van der Waals surface area contributed by atoms with Gasteiger partial charge in [-0.3, -0.25) is 4.79 Å². The third kappa shape index (κ3) is 4.38. The van der Waals surface area contributed by atoms with Gasteiger partial charge in [-0.25, -0.2) is 0 Å². The van der Waals surface area contributed by atoms with Crippen LogP contribution < -0.4 is 10.1 Å². The Kier molecular flexibility index (Phi) is 5.62. The largest absolute Gasteiger partial charge is 0.508 e. The summed E-state index contributed by atoms with van der Waals surface area (Å²) in [5.74, 6) is 0.436. The summed E-state index contributed by atoms with van der Waals surface area (Å²) in [5.41, 5.74) is 1.55. The lowest BCUT2D eigenvalue weighted by molar-refractivity contribution is -0.122. The monoisotopic (exact) mass is 365 g/mol. The molecule has 0 spiro atoms. The highest BCUT2D eigenvalue weighted by molar-refractivity contribution is 5.88. The number of rotatable bonds is 6. The molecule has 3 aromatic carbocycles. The van der Waals surface area contributed by atoms with Crippen LogP contribution in [0.25, 0.3) is 10.8 Å². The summed E-state index contributed by atoms with van der Waals surface area (Å²) in [5, 5.41) is 24.4. The van der Waals surface area contributed by atoms with Crippen molar-refractivity contribution >= 4 is 16.7 Å². The SMILES string of the molecule is COc1ccc2cc(C(C)C(=O)NCC(O)c3ccc(O)cc3)ccc2c1. The third-order valence-corrected chi connectivity index (χ3v) is 4.71. The molecule has 0 aliphatic rings. The molecule has 1 amide bonds. The number of methoxy groups -OCH3 is 1. The highest BCUT2D eigenvalue weighted by atomic mass is 16.5. The number of aliphatic hydroxyl groups is 1. The van der Waals surface area contributed by atoms with Crippen LogP contribution in [0.3, 0.4) is 0 Å². The van der Waals surface area contributed by atoms with E-state index in [-0.39, 0.29) is 24.1 Å². The molecular weight excluding hydrogens is 342 g/mol. The Hall–Kier alpha value is -3.05. The number of phenols is 1. The Bertz CT molecular complexity index is 937. The molecule has 0 radical (unpaired) electrons. The van der Waals surface area contributed by atoms with E-state index < -0.39 is 6.10 Å². The average Bonchev–Trinajstić information content (AvgIpc) is 2.70. The van der Waals surface area contributed by atoms with Gasteiger partial charge in [-0.2, -0.15) is 0 Å². The predicted octanol–water partition coefficient (Wildman–Crippen LogP) is 3.51. The molecule has 0 aliphatic heterocycles. The smallest absolute Gasteiger partial charge is 0.227 e. The minimum atomic E-state index is -0.828. The molecule has 140 valence electrons. The quantitative estimate of drug-likeness (QED) is 0.625. The zero-order valence-electron chi connectivity index (χ0n) is 15.3. The van der Waals surface area contributed by atoms with E-state index in [1.54, 1.807) is 19.2 Å². The Morgan fingerprint density at radius 2 is 1.63 bits per heavy atom. The van der Waals surface area contributed by atoms with Crippen LogP contribution in [0.4, 0.5) is 0 Å². The summed E-state index contributed by atoms with van der Waals surface area (Å²) in [7, 11) is 1.63. The fourth-order valence-electron chi connectivity index (χ4n) is 2.95. The van der Waals surface area contributed by atoms with Crippen molar-refractivity contribution in [2.24, 2.45) is 0 Å². The topological polar surface area (TPSA) is 78.8 Å². The number of carbonyl (C=O) groups is 1. The number of aliphatic hydroxyl groups excluding tert-OH is 1. The number of amides is 1. The minimum absolute atomic E-state index is 0.110. The van der Waals surface area contributed by atoms with Crippen LogP contribution >= 0.6 is 0 Å². The third-order valence-electron chi connectivity index (χ3n) is 4.71. The standard InChI is InChI=1S/C22H23NO4/c1-14(16-3-4-18-12-20(27-2)10-7-17(18)11-16)22(26)23-13-21(25)15-5-8-19(24)9-6-15/h3-12,14,21,24-25H,13H2,1-2H3,(H,23,26). The molecule has 0 aromatic heterocycles. The maximum Gasteiger partial charge on any atom is 0.227 e. The lowest BCUT2D eigenvalue weighted by Gasteiger charge is -2.16. The first kappa shape index (κ1) is 18.7. The van der Waals surface area contributed by atoms with E-state index >= 15 is 0 Å². The first-order valence-electron chi connectivity index (χ1n) is 8.80. The van der Waals surface area contributed by atoms with Crippen LogP contribution in [0.2, 0.25) is 0 Å². The lowest BCUT2D eigenvalue weighted by atomic mass is 9.97. The van der Waals surface area contributed by atoms with Gasteiger partial charge in [-0.1, -0.05) is 36.4 Å². The number of carbonyl (C=O) groups excluding carboxylic acids is 1. The van der Waals surface area contributed by atoms with E-state index in [0.29, 0.717) is 5.56 Å². The van der Waals surface area contributed by atoms with Crippen LogP contribution in [0, 0.1) is 0 Å². The Balaban J connectivity index is 1.66.